The van der Waals surface area contributed by atoms with Crippen molar-refractivity contribution in [3.63, 3.8) is 0 Å². The van der Waals surface area contributed by atoms with Gasteiger partial charge in [-0.2, -0.15) is 0 Å². The molecule has 0 amide bonds. The van der Waals surface area contributed by atoms with Gasteiger partial charge in [-0.05, 0) is 37.8 Å². The molecule has 0 aliphatic heterocycles. The van der Waals surface area contributed by atoms with Gasteiger partial charge in [-0.15, -0.1) is 0 Å². The summed E-state index contributed by atoms with van der Waals surface area (Å²) in [6.45, 7) is 0. The minimum atomic E-state index is -0.995. The first-order valence-electron chi connectivity index (χ1n) is 8.90. The number of carboxylic acids is 1. The lowest BCUT2D eigenvalue weighted by molar-refractivity contribution is 0.0697. The molecule has 23 heavy (non-hydrogen) atoms. The molecule has 0 saturated heterocycles. The zero-order valence-electron chi connectivity index (χ0n) is 13.8. The quantitative estimate of drug-likeness (QED) is 0.788. The second-order valence-corrected chi connectivity index (χ2v) is 7.03. The van der Waals surface area contributed by atoms with Crippen LogP contribution >= 0.6 is 11.6 Å². The molecule has 2 saturated carbocycles. The molecule has 3 rings (SSSR count). The minimum Gasteiger partial charge on any atom is -0.478 e. The van der Waals surface area contributed by atoms with Gasteiger partial charge in [-0.25, -0.2) is 4.79 Å². The molecule has 128 valence electrons. The summed E-state index contributed by atoms with van der Waals surface area (Å²) in [6, 6.07) is 8.08. The average molecular weight is 338 g/mol. The molecule has 1 aromatic carbocycles. The highest BCUT2D eigenvalue weighted by molar-refractivity contribution is 6.33. The maximum absolute atomic E-state index is 10.3. The predicted molar refractivity (Wildman–Crippen MR) is 95.3 cm³/mol. The van der Waals surface area contributed by atoms with Gasteiger partial charge in [-0.1, -0.05) is 62.3 Å². The Balaban J connectivity index is 0.000000174. The summed E-state index contributed by atoms with van der Waals surface area (Å²) in [6.07, 6.45) is 14.6. The summed E-state index contributed by atoms with van der Waals surface area (Å²) < 4.78 is 0. The second-order valence-electron chi connectivity index (χ2n) is 6.62. The molecule has 2 fully saturated rings. The van der Waals surface area contributed by atoms with E-state index in [1.54, 1.807) is 18.2 Å². The van der Waals surface area contributed by atoms with E-state index in [9.17, 15) is 4.79 Å². The molecular formula is C19H28ClNO2. The monoisotopic (exact) mass is 337 g/mol. The summed E-state index contributed by atoms with van der Waals surface area (Å²) in [5.41, 5.74) is 0.143. The van der Waals surface area contributed by atoms with Crippen molar-refractivity contribution in [2.24, 2.45) is 0 Å². The molecule has 0 aromatic heterocycles. The van der Waals surface area contributed by atoms with E-state index in [2.05, 4.69) is 5.32 Å². The van der Waals surface area contributed by atoms with Crippen LogP contribution in [0.2, 0.25) is 5.02 Å². The lowest BCUT2D eigenvalue weighted by Crippen LogP contribution is -2.40. The van der Waals surface area contributed by atoms with E-state index in [0.717, 1.165) is 12.1 Å². The van der Waals surface area contributed by atoms with Crippen molar-refractivity contribution in [3.05, 3.63) is 34.9 Å². The summed E-state index contributed by atoms with van der Waals surface area (Å²) in [5.74, 6) is -0.995. The summed E-state index contributed by atoms with van der Waals surface area (Å²) in [7, 11) is 0. The van der Waals surface area contributed by atoms with Crippen molar-refractivity contribution in [3.8, 4) is 0 Å². The molecule has 4 heteroatoms. The summed E-state index contributed by atoms with van der Waals surface area (Å²) >= 11 is 5.54. The molecule has 2 aliphatic carbocycles. The Morgan fingerprint density at radius 1 is 0.913 bits per heavy atom. The highest BCUT2D eigenvalue weighted by atomic mass is 35.5. The van der Waals surface area contributed by atoms with Crippen LogP contribution in [0.5, 0.6) is 0 Å². The topological polar surface area (TPSA) is 49.3 Å². The van der Waals surface area contributed by atoms with E-state index < -0.39 is 5.97 Å². The Hall–Kier alpha value is -1.06. The number of nitrogens with one attached hydrogen (secondary N) is 1. The highest BCUT2D eigenvalue weighted by Crippen LogP contribution is 2.22. The third kappa shape index (κ3) is 6.52. The molecule has 0 bridgehead atoms. The van der Waals surface area contributed by atoms with Gasteiger partial charge in [-0.3, -0.25) is 0 Å². The third-order valence-corrected chi connectivity index (χ3v) is 5.12. The van der Waals surface area contributed by atoms with E-state index in [1.165, 1.54) is 70.3 Å². The van der Waals surface area contributed by atoms with E-state index in [-0.39, 0.29) is 10.6 Å². The predicted octanol–water partition coefficient (Wildman–Crippen LogP) is 5.28. The third-order valence-electron chi connectivity index (χ3n) is 4.79. The molecule has 0 heterocycles. The van der Waals surface area contributed by atoms with Crippen LogP contribution in [-0.2, 0) is 0 Å². The fourth-order valence-corrected chi connectivity index (χ4v) is 3.72. The highest BCUT2D eigenvalue weighted by Gasteiger charge is 2.19. The number of benzene rings is 1. The molecule has 0 unspecified atom stereocenters. The fourth-order valence-electron chi connectivity index (χ4n) is 3.51. The van der Waals surface area contributed by atoms with Crippen LogP contribution in [0.3, 0.4) is 0 Å². The Labute approximate surface area is 144 Å². The first-order chi connectivity index (χ1) is 11.2. The molecule has 3 nitrogen and oxygen atoms in total. The van der Waals surface area contributed by atoms with Gasteiger partial charge in [0.2, 0.25) is 0 Å². The number of carbonyl (C=O) groups is 1. The summed E-state index contributed by atoms with van der Waals surface area (Å²) in [5, 5.41) is 12.6. The van der Waals surface area contributed by atoms with Crippen LogP contribution in [0.15, 0.2) is 24.3 Å². The zero-order valence-corrected chi connectivity index (χ0v) is 14.5. The van der Waals surface area contributed by atoms with E-state index in [1.807, 2.05) is 0 Å². The van der Waals surface area contributed by atoms with Crippen molar-refractivity contribution in [2.45, 2.75) is 76.3 Å². The van der Waals surface area contributed by atoms with Crippen LogP contribution in [0, 0.1) is 0 Å². The lowest BCUT2D eigenvalue weighted by atomic mass is 9.91. The van der Waals surface area contributed by atoms with E-state index >= 15 is 0 Å². The second kappa shape index (κ2) is 9.94. The number of rotatable bonds is 3. The van der Waals surface area contributed by atoms with Crippen LogP contribution in [-0.4, -0.2) is 23.2 Å². The number of hydrogen-bond donors (Lipinski definition) is 2. The first kappa shape index (κ1) is 18.3. The molecule has 2 aliphatic rings. The average Bonchev–Trinajstić information content (AvgIpc) is 2.57. The van der Waals surface area contributed by atoms with Gasteiger partial charge in [0, 0.05) is 12.1 Å². The Kier molecular flexibility index (Phi) is 7.90. The Morgan fingerprint density at radius 3 is 1.78 bits per heavy atom. The van der Waals surface area contributed by atoms with Crippen molar-refractivity contribution in [1.29, 1.82) is 0 Å². The maximum Gasteiger partial charge on any atom is 0.337 e. The number of halogens is 1. The summed E-state index contributed by atoms with van der Waals surface area (Å²) in [4.78, 5) is 10.3. The van der Waals surface area contributed by atoms with Crippen LogP contribution in [0.4, 0.5) is 0 Å². The van der Waals surface area contributed by atoms with Gasteiger partial charge in [0.25, 0.3) is 0 Å². The van der Waals surface area contributed by atoms with Gasteiger partial charge in [0.05, 0.1) is 10.6 Å². The van der Waals surface area contributed by atoms with Crippen molar-refractivity contribution in [2.75, 3.05) is 0 Å². The van der Waals surface area contributed by atoms with Crippen LogP contribution in [0.25, 0.3) is 0 Å². The Bertz CT molecular complexity index is 464. The standard InChI is InChI=1S/C12H23N.C7H5ClO2/c1-3-7-11(8-4-1)13-12-9-5-2-6-10-12;8-6-4-2-1-3-5(6)7(9)10/h11-13H,1-10H2;1-4H,(H,9,10). The molecule has 1 aromatic rings. The molecule has 0 radical (unpaired) electrons. The van der Waals surface area contributed by atoms with Crippen LogP contribution in [0.1, 0.15) is 74.6 Å². The van der Waals surface area contributed by atoms with Crippen LogP contribution < -0.4 is 5.32 Å². The SMILES string of the molecule is C1CCC(NC2CCCCC2)CC1.O=C(O)c1ccccc1Cl. The number of hydrogen-bond acceptors (Lipinski definition) is 2. The molecule has 0 atom stereocenters. The molecule has 0 spiro atoms. The van der Waals surface area contributed by atoms with Gasteiger partial charge in [0.1, 0.15) is 0 Å². The fraction of sp³-hybridized carbons (Fsp3) is 0.632. The van der Waals surface area contributed by atoms with Gasteiger partial charge < -0.3 is 10.4 Å². The number of carboxylic acid groups (broad SMARTS) is 1. The van der Waals surface area contributed by atoms with E-state index in [0.29, 0.717) is 0 Å². The zero-order chi connectivity index (χ0) is 16.5. The number of aromatic carboxylic acids is 1. The largest absolute Gasteiger partial charge is 0.478 e. The minimum absolute atomic E-state index is 0.143. The first-order valence-corrected chi connectivity index (χ1v) is 9.28. The molecular weight excluding hydrogens is 310 g/mol. The van der Waals surface area contributed by atoms with Gasteiger partial charge in [0.15, 0.2) is 0 Å². The van der Waals surface area contributed by atoms with E-state index in [4.69, 9.17) is 16.7 Å². The lowest BCUT2D eigenvalue weighted by Gasteiger charge is -2.30. The smallest absolute Gasteiger partial charge is 0.337 e. The van der Waals surface area contributed by atoms with Gasteiger partial charge >= 0.3 is 5.97 Å². The maximum atomic E-state index is 10.3. The normalized spacial score (nSPS) is 19.7. The van der Waals surface area contributed by atoms with Crippen molar-refractivity contribution >= 4 is 17.6 Å². The van der Waals surface area contributed by atoms with Crippen molar-refractivity contribution in [1.82, 2.24) is 5.32 Å². The molecule has 2 N–H and O–H groups in total. The Morgan fingerprint density at radius 2 is 1.39 bits per heavy atom. The van der Waals surface area contributed by atoms with Crippen molar-refractivity contribution < 1.29 is 9.90 Å².